The van der Waals surface area contributed by atoms with Gasteiger partial charge in [0.1, 0.15) is 5.75 Å². The van der Waals surface area contributed by atoms with E-state index in [1.54, 1.807) is 23.1 Å². The van der Waals surface area contributed by atoms with Crippen LogP contribution in [0.5, 0.6) is 5.75 Å². The molecular weight excluding hydrogens is 341 g/mol. The summed E-state index contributed by atoms with van der Waals surface area (Å²) < 4.78 is 16.7. The van der Waals surface area contributed by atoms with E-state index < -0.39 is 0 Å². The van der Waals surface area contributed by atoms with Crippen molar-refractivity contribution in [1.29, 1.82) is 0 Å². The first kappa shape index (κ1) is 16.8. The van der Waals surface area contributed by atoms with Crippen LogP contribution in [0.25, 0.3) is 0 Å². The molecule has 0 saturated carbocycles. The van der Waals surface area contributed by atoms with E-state index >= 15 is 0 Å². The molecule has 0 aliphatic carbocycles. The molecule has 23 heavy (non-hydrogen) atoms. The van der Waals surface area contributed by atoms with Gasteiger partial charge in [0.2, 0.25) is 0 Å². The highest BCUT2D eigenvalue weighted by molar-refractivity contribution is 6.34. The second kappa shape index (κ2) is 7.71. The number of hydrogen-bond donors (Lipinski definition) is 0. The highest BCUT2D eigenvalue weighted by Gasteiger charge is 2.36. The monoisotopic (exact) mass is 359 g/mol. The molecule has 1 amide bonds. The molecule has 1 aromatic carbocycles. The first-order chi connectivity index (χ1) is 11.1. The smallest absolute Gasteiger partial charge is 0.260 e. The molecular formula is C16H19Cl2NO4. The Labute approximate surface area is 145 Å². The zero-order valence-electron chi connectivity index (χ0n) is 12.7. The fourth-order valence-electron chi connectivity index (χ4n) is 2.96. The zero-order valence-corrected chi connectivity index (χ0v) is 14.2. The van der Waals surface area contributed by atoms with Crippen LogP contribution in [0.4, 0.5) is 0 Å². The number of benzene rings is 1. The van der Waals surface area contributed by atoms with Crippen molar-refractivity contribution < 1.29 is 19.0 Å². The number of amides is 1. The molecule has 1 atom stereocenters. The molecule has 126 valence electrons. The molecule has 2 fully saturated rings. The number of carbonyl (C=O) groups excluding carboxylic acids is 1. The van der Waals surface area contributed by atoms with Crippen molar-refractivity contribution in [3.05, 3.63) is 28.2 Å². The van der Waals surface area contributed by atoms with E-state index in [4.69, 9.17) is 37.4 Å². The molecule has 0 N–H and O–H groups in total. The van der Waals surface area contributed by atoms with Gasteiger partial charge in [0.05, 0.1) is 24.3 Å². The Morgan fingerprint density at radius 1 is 1.26 bits per heavy atom. The fraction of sp³-hybridized carbons (Fsp3) is 0.562. The maximum Gasteiger partial charge on any atom is 0.260 e. The summed E-state index contributed by atoms with van der Waals surface area (Å²) in [6, 6.07) is 4.88. The van der Waals surface area contributed by atoms with Crippen molar-refractivity contribution in [2.75, 3.05) is 26.4 Å². The lowest BCUT2D eigenvalue weighted by molar-refractivity contribution is -0.152. The molecule has 3 rings (SSSR count). The number of ether oxygens (including phenoxy) is 3. The maximum atomic E-state index is 12.5. The second-order valence-corrected chi connectivity index (χ2v) is 6.47. The molecule has 2 saturated heterocycles. The highest BCUT2D eigenvalue weighted by atomic mass is 35.5. The maximum absolute atomic E-state index is 12.5. The first-order valence-corrected chi connectivity index (χ1v) is 8.51. The predicted molar refractivity (Wildman–Crippen MR) is 87.0 cm³/mol. The standard InChI is InChI=1S/C16H19Cl2NO4/c17-11-4-5-12(18)14(9-11)23-10-15(20)19-6-2-1-3-13(19)16-21-7-8-22-16/h4-5,9,13,16H,1-3,6-8,10H2. The summed E-state index contributed by atoms with van der Waals surface area (Å²) in [5, 5.41) is 0.945. The van der Waals surface area contributed by atoms with E-state index in [1.165, 1.54) is 0 Å². The van der Waals surface area contributed by atoms with Gasteiger partial charge in [-0.15, -0.1) is 0 Å². The van der Waals surface area contributed by atoms with Crippen LogP contribution in [0.3, 0.4) is 0 Å². The van der Waals surface area contributed by atoms with E-state index in [1.807, 2.05) is 0 Å². The van der Waals surface area contributed by atoms with Crippen molar-refractivity contribution >= 4 is 29.1 Å². The van der Waals surface area contributed by atoms with Crippen LogP contribution < -0.4 is 4.74 Å². The van der Waals surface area contributed by atoms with Gasteiger partial charge < -0.3 is 19.1 Å². The molecule has 5 nitrogen and oxygen atoms in total. The topological polar surface area (TPSA) is 48.0 Å². The van der Waals surface area contributed by atoms with Crippen LogP contribution in [0.1, 0.15) is 19.3 Å². The first-order valence-electron chi connectivity index (χ1n) is 7.75. The van der Waals surface area contributed by atoms with Gasteiger partial charge in [-0.3, -0.25) is 4.79 Å². The Kier molecular flexibility index (Phi) is 5.64. The largest absolute Gasteiger partial charge is 0.482 e. The summed E-state index contributed by atoms with van der Waals surface area (Å²) in [6.45, 7) is 1.78. The van der Waals surface area contributed by atoms with Gasteiger partial charge >= 0.3 is 0 Å². The molecule has 1 unspecified atom stereocenters. The van der Waals surface area contributed by atoms with Crippen molar-refractivity contribution in [1.82, 2.24) is 4.90 Å². The van der Waals surface area contributed by atoms with Crippen molar-refractivity contribution in [2.24, 2.45) is 0 Å². The summed E-state index contributed by atoms with van der Waals surface area (Å²) in [4.78, 5) is 14.4. The number of piperidine rings is 1. The van der Waals surface area contributed by atoms with Gasteiger partial charge in [-0.2, -0.15) is 0 Å². The minimum atomic E-state index is -0.325. The highest BCUT2D eigenvalue weighted by Crippen LogP contribution is 2.28. The summed E-state index contributed by atoms with van der Waals surface area (Å²) in [7, 11) is 0. The van der Waals surface area contributed by atoms with Gasteiger partial charge in [-0.05, 0) is 31.4 Å². The Hall–Kier alpha value is -1.01. The fourth-order valence-corrected chi connectivity index (χ4v) is 3.29. The van der Waals surface area contributed by atoms with Crippen molar-refractivity contribution in [3.8, 4) is 5.75 Å². The van der Waals surface area contributed by atoms with E-state index in [2.05, 4.69) is 0 Å². The molecule has 0 spiro atoms. The van der Waals surface area contributed by atoms with E-state index in [-0.39, 0.29) is 24.8 Å². The summed E-state index contributed by atoms with van der Waals surface area (Å²) in [6.07, 6.45) is 2.61. The number of hydrogen-bond acceptors (Lipinski definition) is 4. The summed E-state index contributed by atoms with van der Waals surface area (Å²) >= 11 is 12.0. The Morgan fingerprint density at radius 3 is 2.83 bits per heavy atom. The van der Waals surface area contributed by atoms with Crippen LogP contribution in [0.15, 0.2) is 18.2 Å². The van der Waals surface area contributed by atoms with Gasteiger partial charge in [0.15, 0.2) is 12.9 Å². The molecule has 0 bridgehead atoms. The molecule has 7 heteroatoms. The van der Waals surface area contributed by atoms with Crippen LogP contribution in [-0.4, -0.2) is 49.5 Å². The molecule has 0 aromatic heterocycles. The molecule has 2 heterocycles. The predicted octanol–water partition coefficient (Wildman–Crippen LogP) is 3.13. The average molecular weight is 360 g/mol. The number of nitrogens with zero attached hydrogens (tertiary/aromatic N) is 1. The van der Waals surface area contributed by atoms with Gasteiger partial charge in [0.25, 0.3) is 5.91 Å². The quantitative estimate of drug-likeness (QED) is 0.828. The van der Waals surface area contributed by atoms with Crippen LogP contribution in [0.2, 0.25) is 10.0 Å². The van der Waals surface area contributed by atoms with E-state index in [0.29, 0.717) is 35.6 Å². The van der Waals surface area contributed by atoms with Crippen LogP contribution in [-0.2, 0) is 14.3 Å². The number of likely N-dealkylation sites (tertiary alicyclic amines) is 1. The summed E-state index contributed by atoms with van der Waals surface area (Å²) in [5.41, 5.74) is 0. The number of halogens is 2. The lowest BCUT2D eigenvalue weighted by atomic mass is 10.0. The Morgan fingerprint density at radius 2 is 2.04 bits per heavy atom. The van der Waals surface area contributed by atoms with Crippen LogP contribution >= 0.6 is 23.2 Å². The third-order valence-corrected chi connectivity index (χ3v) is 4.62. The Balaban J connectivity index is 1.62. The minimum absolute atomic E-state index is 0.0443. The van der Waals surface area contributed by atoms with Crippen LogP contribution in [0, 0.1) is 0 Å². The molecule has 2 aliphatic heterocycles. The number of carbonyl (C=O) groups is 1. The van der Waals surface area contributed by atoms with E-state index in [0.717, 1.165) is 19.3 Å². The Bertz CT molecular complexity index is 563. The normalized spacial score (nSPS) is 22.3. The van der Waals surface area contributed by atoms with Crippen molar-refractivity contribution in [2.45, 2.75) is 31.6 Å². The molecule has 2 aliphatic rings. The third kappa shape index (κ3) is 4.10. The number of rotatable bonds is 4. The average Bonchev–Trinajstić information content (AvgIpc) is 3.10. The molecule has 1 aromatic rings. The summed E-state index contributed by atoms with van der Waals surface area (Å²) in [5.74, 6) is 0.319. The van der Waals surface area contributed by atoms with Crippen molar-refractivity contribution in [3.63, 3.8) is 0 Å². The van der Waals surface area contributed by atoms with E-state index in [9.17, 15) is 4.79 Å². The second-order valence-electron chi connectivity index (χ2n) is 5.62. The van der Waals surface area contributed by atoms with Gasteiger partial charge in [-0.1, -0.05) is 23.2 Å². The van der Waals surface area contributed by atoms with Gasteiger partial charge in [-0.25, -0.2) is 0 Å². The third-order valence-electron chi connectivity index (χ3n) is 4.08. The SMILES string of the molecule is O=C(COc1cc(Cl)ccc1Cl)N1CCCCC1C1OCCO1. The minimum Gasteiger partial charge on any atom is -0.482 e. The van der Waals surface area contributed by atoms with Gasteiger partial charge in [0, 0.05) is 17.6 Å². The lowest BCUT2D eigenvalue weighted by Gasteiger charge is -2.37. The lowest BCUT2D eigenvalue weighted by Crippen LogP contribution is -2.51. The zero-order chi connectivity index (χ0) is 16.2. The molecule has 0 radical (unpaired) electrons.